The summed E-state index contributed by atoms with van der Waals surface area (Å²) in [5, 5.41) is 14.0. The Bertz CT molecular complexity index is 1000. The minimum Gasteiger partial charge on any atom is -0.389 e. The number of Topliss-reactive ketones (excluding diaryl/α,β-unsaturated/α-hetero) is 1. The molecule has 1 saturated heterocycles. The second kappa shape index (κ2) is 7.84. The quantitative estimate of drug-likeness (QED) is 0.758. The number of anilines is 1. The van der Waals surface area contributed by atoms with E-state index in [9.17, 15) is 14.7 Å². The Balaban J connectivity index is 1.90. The molecular weight excluding hydrogens is 372 g/mol. The molecule has 0 radical (unpaired) electrons. The predicted molar refractivity (Wildman–Crippen MR) is 109 cm³/mol. The minimum atomic E-state index is -0.682. The molecule has 156 valence electrons. The van der Waals surface area contributed by atoms with Crippen LogP contribution >= 0.6 is 0 Å². The van der Waals surface area contributed by atoms with Crippen molar-refractivity contribution in [1.29, 1.82) is 0 Å². The van der Waals surface area contributed by atoms with Gasteiger partial charge in [0.25, 0.3) is 5.56 Å². The summed E-state index contributed by atoms with van der Waals surface area (Å²) in [7, 11) is 0. The summed E-state index contributed by atoms with van der Waals surface area (Å²) in [6.07, 6.45) is 2.98. The third kappa shape index (κ3) is 3.67. The summed E-state index contributed by atoms with van der Waals surface area (Å²) in [4.78, 5) is 34.5. The highest BCUT2D eigenvalue weighted by Gasteiger charge is 2.30. The van der Waals surface area contributed by atoms with Crippen LogP contribution in [0.15, 0.2) is 10.9 Å². The Hall–Kier alpha value is -2.32. The lowest BCUT2D eigenvalue weighted by molar-refractivity contribution is -0.0136. The number of hydrogen-bond acceptors (Lipinski definition) is 7. The first-order valence-corrected chi connectivity index (χ1v) is 10.3. The van der Waals surface area contributed by atoms with E-state index >= 15 is 0 Å². The van der Waals surface area contributed by atoms with Crippen LogP contribution in [0.1, 0.15) is 61.6 Å². The van der Waals surface area contributed by atoms with Gasteiger partial charge in [0, 0.05) is 25.6 Å². The normalized spacial score (nSPS) is 27.3. The van der Waals surface area contributed by atoms with Gasteiger partial charge >= 0.3 is 0 Å². The number of nitrogens with one attached hydrogen (secondary N) is 1. The summed E-state index contributed by atoms with van der Waals surface area (Å²) < 4.78 is 7.03. The number of fused-ring (bicyclic) bond motifs is 1. The number of nitrogens with zero attached hydrogens (tertiary/aromatic N) is 3. The molecule has 1 aliphatic carbocycles. The van der Waals surface area contributed by atoms with Crippen LogP contribution in [-0.2, 0) is 4.74 Å². The molecule has 0 amide bonds. The molecule has 29 heavy (non-hydrogen) atoms. The predicted octanol–water partition coefficient (Wildman–Crippen LogP) is 2.23. The van der Waals surface area contributed by atoms with Gasteiger partial charge in [-0.15, -0.1) is 0 Å². The number of hydrogen-bond donors (Lipinski definition) is 2. The fourth-order valence-electron chi connectivity index (χ4n) is 4.62. The molecule has 8 heteroatoms. The van der Waals surface area contributed by atoms with Crippen molar-refractivity contribution < 1.29 is 14.6 Å². The fourth-order valence-corrected chi connectivity index (χ4v) is 4.62. The molecule has 8 nitrogen and oxygen atoms in total. The first-order valence-electron chi connectivity index (χ1n) is 10.3. The van der Waals surface area contributed by atoms with Crippen LogP contribution < -0.4 is 10.9 Å². The number of aliphatic hydroxyl groups excluding tert-OH is 1. The number of aryl methyl sites for hydroxylation is 1. The van der Waals surface area contributed by atoms with Crippen molar-refractivity contribution in [3.8, 4) is 0 Å². The van der Waals surface area contributed by atoms with Gasteiger partial charge in [-0.3, -0.25) is 14.2 Å². The van der Waals surface area contributed by atoms with E-state index in [1.807, 2.05) is 6.92 Å². The van der Waals surface area contributed by atoms with E-state index in [0.717, 1.165) is 19.3 Å². The number of rotatable bonds is 4. The van der Waals surface area contributed by atoms with Gasteiger partial charge in [0.1, 0.15) is 11.3 Å². The molecular formula is C21H28N4O4. The summed E-state index contributed by atoms with van der Waals surface area (Å²) in [6.45, 7) is 6.22. The summed E-state index contributed by atoms with van der Waals surface area (Å²) >= 11 is 0. The number of aromatic nitrogens is 3. The maximum absolute atomic E-state index is 13.0. The topological polar surface area (TPSA) is 106 Å². The summed E-state index contributed by atoms with van der Waals surface area (Å²) in [5.41, 5.74) is 1.41. The number of ether oxygens (including phenoxy) is 1. The smallest absolute Gasteiger partial charge is 0.252 e. The lowest BCUT2D eigenvalue weighted by Gasteiger charge is -2.29. The standard InChI is InChI=1S/C21H28N4O4/c1-11-5-4-6-15(11)25-17(28)9-12(2)18-19(13(3)26)23-21(24-20(18)25)22-14-7-8-29-10-16(14)27/h9,11,14-16,27H,4-8,10H2,1-3H3,(H,22,23,24)/t11-,14+,15+,16+/m0/s1. The summed E-state index contributed by atoms with van der Waals surface area (Å²) in [6, 6.07) is 1.37. The Labute approximate surface area is 169 Å². The fraction of sp³-hybridized carbons (Fsp3) is 0.619. The Morgan fingerprint density at radius 3 is 2.76 bits per heavy atom. The summed E-state index contributed by atoms with van der Waals surface area (Å²) in [5.74, 6) is 0.446. The molecule has 2 aromatic heterocycles. The SMILES string of the molecule is CC(=O)c1nc(N[C@@H]2CCOC[C@H]2O)nc2c1c(C)cc(=O)n2[C@@H]1CCC[C@@H]1C. The van der Waals surface area contributed by atoms with Gasteiger partial charge in [-0.05, 0) is 37.7 Å². The van der Waals surface area contributed by atoms with Gasteiger partial charge in [-0.2, -0.15) is 4.98 Å². The lowest BCUT2D eigenvalue weighted by Crippen LogP contribution is -2.42. The van der Waals surface area contributed by atoms with Crippen LogP contribution in [0.4, 0.5) is 5.95 Å². The molecule has 0 unspecified atom stereocenters. The van der Waals surface area contributed by atoms with Crippen LogP contribution in [0.3, 0.4) is 0 Å². The van der Waals surface area contributed by atoms with E-state index < -0.39 is 6.10 Å². The monoisotopic (exact) mass is 400 g/mol. The Kier molecular flexibility index (Phi) is 5.40. The van der Waals surface area contributed by atoms with Crippen molar-refractivity contribution in [1.82, 2.24) is 14.5 Å². The zero-order chi connectivity index (χ0) is 20.7. The first-order chi connectivity index (χ1) is 13.9. The molecule has 0 aromatic carbocycles. The van der Waals surface area contributed by atoms with Crippen molar-refractivity contribution in [2.24, 2.45) is 5.92 Å². The van der Waals surface area contributed by atoms with Gasteiger partial charge in [-0.25, -0.2) is 4.98 Å². The van der Waals surface area contributed by atoms with Crippen molar-refractivity contribution in [2.45, 2.75) is 64.6 Å². The van der Waals surface area contributed by atoms with Crippen LogP contribution in [0.5, 0.6) is 0 Å². The van der Waals surface area contributed by atoms with Gasteiger partial charge in [0.15, 0.2) is 5.78 Å². The average molecular weight is 400 g/mol. The second-order valence-corrected chi connectivity index (χ2v) is 8.34. The van der Waals surface area contributed by atoms with E-state index in [-0.39, 0.29) is 36.0 Å². The number of carbonyl (C=O) groups excluding carboxylic acids is 1. The van der Waals surface area contributed by atoms with E-state index in [0.29, 0.717) is 41.2 Å². The van der Waals surface area contributed by atoms with Crippen LogP contribution in [0.25, 0.3) is 11.0 Å². The first kappa shape index (κ1) is 20.0. The Morgan fingerprint density at radius 1 is 1.31 bits per heavy atom. The van der Waals surface area contributed by atoms with E-state index in [1.165, 1.54) is 6.92 Å². The number of aliphatic hydroxyl groups is 1. The zero-order valence-corrected chi connectivity index (χ0v) is 17.1. The van der Waals surface area contributed by atoms with Crippen molar-refractivity contribution >= 4 is 22.8 Å². The molecule has 2 aliphatic rings. The number of ketones is 1. The molecule has 0 spiro atoms. The molecule has 4 rings (SSSR count). The molecule has 2 fully saturated rings. The van der Waals surface area contributed by atoms with Crippen molar-refractivity contribution in [3.63, 3.8) is 0 Å². The van der Waals surface area contributed by atoms with E-state index in [4.69, 9.17) is 4.74 Å². The molecule has 1 aliphatic heterocycles. The maximum Gasteiger partial charge on any atom is 0.252 e. The highest BCUT2D eigenvalue weighted by molar-refractivity contribution is 6.05. The minimum absolute atomic E-state index is 0.0572. The lowest BCUT2D eigenvalue weighted by atomic mass is 10.0. The van der Waals surface area contributed by atoms with Gasteiger partial charge in [-0.1, -0.05) is 13.3 Å². The van der Waals surface area contributed by atoms with Crippen LogP contribution in [0.2, 0.25) is 0 Å². The largest absolute Gasteiger partial charge is 0.389 e. The van der Waals surface area contributed by atoms with Crippen molar-refractivity contribution in [3.05, 3.63) is 27.7 Å². The third-order valence-electron chi connectivity index (χ3n) is 6.21. The molecule has 2 aromatic rings. The maximum atomic E-state index is 13.0. The molecule has 2 N–H and O–H groups in total. The van der Waals surface area contributed by atoms with E-state index in [2.05, 4.69) is 22.2 Å². The van der Waals surface area contributed by atoms with E-state index in [1.54, 1.807) is 10.6 Å². The molecule has 3 heterocycles. The van der Waals surface area contributed by atoms with Gasteiger partial charge < -0.3 is 15.2 Å². The zero-order valence-electron chi connectivity index (χ0n) is 17.1. The van der Waals surface area contributed by atoms with Crippen molar-refractivity contribution in [2.75, 3.05) is 18.5 Å². The molecule has 4 atom stereocenters. The van der Waals surface area contributed by atoms with Crippen LogP contribution in [0, 0.1) is 12.8 Å². The third-order valence-corrected chi connectivity index (χ3v) is 6.21. The molecule has 0 bridgehead atoms. The highest BCUT2D eigenvalue weighted by atomic mass is 16.5. The Morgan fingerprint density at radius 2 is 2.10 bits per heavy atom. The van der Waals surface area contributed by atoms with Gasteiger partial charge in [0.05, 0.1) is 24.1 Å². The molecule has 1 saturated carbocycles. The number of carbonyl (C=O) groups is 1. The second-order valence-electron chi connectivity index (χ2n) is 8.34. The average Bonchev–Trinajstić information content (AvgIpc) is 3.08. The number of pyridine rings is 1. The van der Waals surface area contributed by atoms with Crippen LogP contribution in [-0.4, -0.2) is 50.8 Å². The van der Waals surface area contributed by atoms with Gasteiger partial charge in [0.2, 0.25) is 5.95 Å². The highest BCUT2D eigenvalue weighted by Crippen LogP contribution is 2.36.